The molecule has 4 heteroatoms. The van der Waals surface area contributed by atoms with Gasteiger partial charge in [-0.3, -0.25) is 4.79 Å². The molecule has 0 saturated carbocycles. The lowest BCUT2D eigenvalue weighted by Gasteiger charge is -2.24. The maximum atomic E-state index is 11.8. The van der Waals surface area contributed by atoms with Crippen LogP contribution in [0.1, 0.15) is 27.2 Å². The Morgan fingerprint density at radius 2 is 2.16 bits per heavy atom. The highest BCUT2D eigenvalue weighted by atomic mass is 16.5. The molecule has 0 aliphatic carbocycles. The molecule has 4 nitrogen and oxygen atoms in total. The molecule has 1 heterocycles. The van der Waals surface area contributed by atoms with Gasteiger partial charge >= 0.3 is 0 Å². The summed E-state index contributed by atoms with van der Waals surface area (Å²) in [5.74, 6) is 0.609. The predicted molar refractivity (Wildman–Crippen MR) is 76.3 cm³/mol. The predicted octanol–water partition coefficient (Wildman–Crippen LogP) is 2.85. The zero-order valence-corrected chi connectivity index (χ0v) is 11.6. The average Bonchev–Trinajstić information content (AvgIpc) is 2.83. The van der Waals surface area contributed by atoms with Crippen LogP contribution >= 0.6 is 0 Å². The maximum Gasteiger partial charge on any atom is 0.258 e. The van der Waals surface area contributed by atoms with E-state index in [1.54, 1.807) is 0 Å². The summed E-state index contributed by atoms with van der Waals surface area (Å²) in [6, 6.07) is 7.70. The number of benzene rings is 1. The fraction of sp³-hybridized carbons (Fsp3) is 0.400. The molecule has 19 heavy (non-hydrogen) atoms. The molecule has 0 fully saturated rings. The molecule has 2 aromatic rings. The van der Waals surface area contributed by atoms with Crippen LogP contribution in [0.2, 0.25) is 0 Å². The highest BCUT2D eigenvalue weighted by molar-refractivity contribution is 5.81. The van der Waals surface area contributed by atoms with Crippen molar-refractivity contribution in [1.82, 2.24) is 10.3 Å². The van der Waals surface area contributed by atoms with Crippen LogP contribution in [0.25, 0.3) is 10.9 Å². The van der Waals surface area contributed by atoms with Gasteiger partial charge in [-0.25, -0.2) is 0 Å². The summed E-state index contributed by atoms with van der Waals surface area (Å²) >= 11 is 0. The van der Waals surface area contributed by atoms with E-state index in [4.69, 9.17) is 4.74 Å². The third kappa shape index (κ3) is 3.50. The Hall–Kier alpha value is -1.97. The van der Waals surface area contributed by atoms with Crippen molar-refractivity contribution in [2.45, 2.75) is 32.7 Å². The molecular weight excluding hydrogens is 240 g/mol. The van der Waals surface area contributed by atoms with E-state index < -0.39 is 0 Å². The molecular formula is C15H20N2O2. The van der Waals surface area contributed by atoms with Crippen LogP contribution in [0.3, 0.4) is 0 Å². The molecule has 102 valence electrons. The Balaban J connectivity index is 1.93. The Bertz CT molecular complexity index is 572. The van der Waals surface area contributed by atoms with Crippen LogP contribution in [0, 0.1) is 0 Å². The average molecular weight is 260 g/mol. The standard InChI is InChI=1S/C15H20N2O2/c1-4-15(2,3)17-14(18)10-19-12-5-6-13-11(9-12)7-8-16-13/h5-9,16H,4,10H2,1-3H3,(H,17,18). The van der Waals surface area contributed by atoms with Crippen LogP contribution < -0.4 is 10.1 Å². The van der Waals surface area contributed by atoms with Gasteiger partial charge in [0.1, 0.15) is 5.75 Å². The third-order valence-corrected chi connectivity index (χ3v) is 3.26. The van der Waals surface area contributed by atoms with Crippen molar-refractivity contribution in [1.29, 1.82) is 0 Å². The summed E-state index contributed by atoms with van der Waals surface area (Å²) < 4.78 is 5.51. The van der Waals surface area contributed by atoms with E-state index >= 15 is 0 Å². The van der Waals surface area contributed by atoms with Gasteiger partial charge in [-0.05, 0) is 44.5 Å². The summed E-state index contributed by atoms with van der Waals surface area (Å²) in [4.78, 5) is 14.9. The maximum absolute atomic E-state index is 11.8. The van der Waals surface area contributed by atoms with Crippen molar-refractivity contribution < 1.29 is 9.53 Å². The van der Waals surface area contributed by atoms with Gasteiger partial charge in [0.2, 0.25) is 0 Å². The first kappa shape index (κ1) is 13.5. The number of aromatic nitrogens is 1. The monoisotopic (exact) mass is 260 g/mol. The van der Waals surface area contributed by atoms with E-state index in [0.717, 1.165) is 17.3 Å². The lowest BCUT2D eigenvalue weighted by molar-refractivity contribution is -0.124. The number of aromatic amines is 1. The molecule has 0 unspecified atom stereocenters. The van der Waals surface area contributed by atoms with Crippen LogP contribution in [0.15, 0.2) is 30.5 Å². The fourth-order valence-corrected chi connectivity index (χ4v) is 1.77. The number of nitrogens with one attached hydrogen (secondary N) is 2. The minimum atomic E-state index is -0.189. The van der Waals surface area contributed by atoms with E-state index in [-0.39, 0.29) is 18.1 Å². The van der Waals surface area contributed by atoms with Gasteiger partial charge in [-0.15, -0.1) is 0 Å². The van der Waals surface area contributed by atoms with E-state index in [0.29, 0.717) is 5.75 Å². The van der Waals surface area contributed by atoms with Gasteiger partial charge in [-0.2, -0.15) is 0 Å². The molecule has 1 amide bonds. The van der Waals surface area contributed by atoms with Crippen LogP contribution in [-0.2, 0) is 4.79 Å². The highest BCUT2D eigenvalue weighted by Gasteiger charge is 2.17. The third-order valence-electron chi connectivity index (χ3n) is 3.26. The first-order valence-corrected chi connectivity index (χ1v) is 6.51. The smallest absolute Gasteiger partial charge is 0.258 e. The Labute approximate surface area is 113 Å². The lowest BCUT2D eigenvalue weighted by atomic mass is 10.0. The summed E-state index contributed by atoms with van der Waals surface area (Å²) in [7, 11) is 0. The minimum absolute atomic E-state index is 0.0410. The van der Waals surface area contributed by atoms with Crippen molar-refractivity contribution in [2.24, 2.45) is 0 Å². The topological polar surface area (TPSA) is 54.1 Å². The molecule has 2 rings (SSSR count). The molecule has 0 bridgehead atoms. The van der Waals surface area contributed by atoms with Gasteiger partial charge < -0.3 is 15.0 Å². The van der Waals surface area contributed by atoms with Gasteiger partial charge in [-0.1, -0.05) is 6.92 Å². The highest BCUT2D eigenvalue weighted by Crippen LogP contribution is 2.19. The summed E-state index contributed by atoms with van der Waals surface area (Å²) in [6.07, 6.45) is 2.76. The molecule has 0 aliphatic heterocycles. The van der Waals surface area contributed by atoms with Gasteiger partial charge in [0.05, 0.1) is 0 Å². The molecule has 0 aliphatic rings. The van der Waals surface area contributed by atoms with Crippen LogP contribution in [0.4, 0.5) is 0 Å². The molecule has 0 radical (unpaired) electrons. The molecule has 2 N–H and O–H groups in total. The van der Waals surface area contributed by atoms with E-state index in [9.17, 15) is 4.79 Å². The Morgan fingerprint density at radius 1 is 1.37 bits per heavy atom. The van der Waals surface area contributed by atoms with Crippen molar-refractivity contribution in [3.05, 3.63) is 30.5 Å². The van der Waals surface area contributed by atoms with Crippen molar-refractivity contribution >= 4 is 16.8 Å². The first-order valence-electron chi connectivity index (χ1n) is 6.51. The lowest BCUT2D eigenvalue weighted by Crippen LogP contribution is -2.44. The largest absolute Gasteiger partial charge is 0.484 e. The van der Waals surface area contributed by atoms with Gasteiger partial charge in [0.15, 0.2) is 6.61 Å². The number of fused-ring (bicyclic) bond motifs is 1. The summed E-state index contributed by atoms with van der Waals surface area (Å²) in [5, 5.41) is 4.01. The van der Waals surface area contributed by atoms with Crippen molar-refractivity contribution in [2.75, 3.05) is 6.61 Å². The van der Waals surface area contributed by atoms with E-state index in [1.807, 2.05) is 51.2 Å². The number of carbonyl (C=O) groups is 1. The normalized spacial score (nSPS) is 11.5. The second-order valence-electron chi connectivity index (χ2n) is 5.30. The van der Waals surface area contributed by atoms with Crippen LogP contribution in [0.5, 0.6) is 5.75 Å². The van der Waals surface area contributed by atoms with E-state index in [2.05, 4.69) is 10.3 Å². The SMILES string of the molecule is CCC(C)(C)NC(=O)COc1ccc2[nH]ccc2c1. The number of rotatable bonds is 5. The van der Waals surface area contributed by atoms with Crippen LogP contribution in [-0.4, -0.2) is 23.0 Å². The summed E-state index contributed by atoms with van der Waals surface area (Å²) in [5.41, 5.74) is 0.870. The Morgan fingerprint density at radius 3 is 2.89 bits per heavy atom. The zero-order chi connectivity index (χ0) is 13.9. The minimum Gasteiger partial charge on any atom is -0.484 e. The zero-order valence-electron chi connectivity index (χ0n) is 11.6. The van der Waals surface area contributed by atoms with Gasteiger partial charge in [0.25, 0.3) is 5.91 Å². The second kappa shape index (κ2) is 5.34. The molecule has 1 aromatic heterocycles. The molecule has 0 saturated heterocycles. The fourth-order valence-electron chi connectivity index (χ4n) is 1.77. The number of hydrogen-bond acceptors (Lipinski definition) is 2. The number of amides is 1. The number of hydrogen-bond donors (Lipinski definition) is 2. The quantitative estimate of drug-likeness (QED) is 0.868. The Kier molecular flexibility index (Phi) is 3.79. The first-order chi connectivity index (χ1) is 9.00. The van der Waals surface area contributed by atoms with Crippen molar-refractivity contribution in [3.63, 3.8) is 0 Å². The molecule has 1 aromatic carbocycles. The van der Waals surface area contributed by atoms with Gasteiger partial charge in [0, 0.05) is 22.6 Å². The molecule has 0 spiro atoms. The molecule has 0 atom stereocenters. The summed E-state index contributed by atoms with van der Waals surface area (Å²) in [6.45, 7) is 6.08. The number of H-pyrrole nitrogens is 1. The van der Waals surface area contributed by atoms with Crippen molar-refractivity contribution in [3.8, 4) is 5.75 Å². The van der Waals surface area contributed by atoms with E-state index in [1.165, 1.54) is 0 Å². The number of ether oxygens (including phenoxy) is 1. The number of carbonyl (C=O) groups excluding carboxylic acids is 1. The second-order valence-corrected chi connectivity index (χ2v) is 5.30.